The highest BCUT2D eigenvalue weighted by Gasteiger charge is 2.08. The van der Waals surface area contributed by atoms with E-state index in [9.17, 15) is 9.90 Å². The predicted molar refractivity (Wildman–Crippen MR) is 110 cm³/mol. The van der Waals surface area contributed by atoms with Crippen LogP contribution >= 0.6 is 0 Å². The van der Waals surface area contributed by atoms with Crippen molar-refractivity contribution in [3.05, 3.63) is 53.8 Å². The van der Waals surface area contributed by atoms with Crippen molar-refractivity contribution in [2.45, 2.75) is 0 Å². The van der Waals surface area contributed by atoms with E-state index in [1.165, 1.54) is 18.3 Å². The maximum atomic E-state index is 10.8. The highest BCUT2D eigenvalue weighted by atomic mass is 16.4. The molecule has 0 atom stereocenters. The minimum absolute atomic E-state index is 0.116. The van der Waals surface area contributed by atoms with Crippen molar-refractivity contribution in [3.63, 3.8) is 0 Å². The highest BCUT2D eigenvalue weighted by molar-refractivity contribution is 5.86. The van der Waals surface area contributed by atoms with Gasteiger partial charge in [-0.05, 0) is 17.7 Å². The number of aromatic carboxylic acids is 1. The molecule has 0 bridgehead atoms. The van der Waals surface area contributed by atoms with Crippen molar-refractivity contribution in [3.8, 4) is 11.3 Å². The lowest BCUT2D eigenvalue weighted by atomic mass is 10.1. The molecule has 0 aliphatic rings. The molecule has 3 aromatic rings. The Bertz CT molecular complexity index is 999. The number of furan rings is 1. The molecule has 3 rings (SSSR count). The minimum atomic E-state index is -1.21. The predicted octanol–water partition coefficient (Wildman–Crippen LogP) is 1.68. The standard InChI is InChI=1S/C20H22N6O3/c1-25(2)18-11-17(22-20(23-18)26(3)4)24-21-12-15-9-10-16(29-15)13-5-7-14(8-6-13)19(27)28/h5-12H,1-4H3,(H,27,28)(H,22,23,24)/p-1/b21-12-. The number of nitrogens with zero attached hydrogens (tertiary/aromatic N) is 5. The van der Waals surface area contributed by atoms with E-state index in [0.717, 1.165) is 11.4 Å². The third-order valence-electron chi connectivity index (χ3n) is 3.96. The van der Waals surface area contributed by atoms with E-state index in [1.807, 2.05) is 38.0 Å². The summed E-state index contributed by atoms with van der Waals surface area (Å²) in [6, 6.07) is 11.6. The van der Waals surface area contributed by atoms with Gasteiger partial charge < -0.3 is 24.1 Å². The molecule has 0 spiro atoms. The van der Waals surface area contributed by atoms with Gasteiger partial charge in [0.15, 0.2) is 5.82 Å². The average molecular weight is 393 g/mol. The second kappa shape index (κ2) is 8.42. The molecular weight excluding hydrogens is 372 g/mol. The fraction of sp³-hybridized carbons (Fsp3) is 0.200. The second-order valence-corrected chi connectivity index (χ2v) is 6.64. The van der Waals surface area contributed by atoms with Gasteiger partial charge in [0.25, 0.3) is 0 Å². The summed E-state index contributed by atoms with van der Waals surface area (Å²) in [5.74, 6) is 1.79. The van der Waals surface area contributed by atoms with Crippen molar-refractivity contribution in [2.24, 2.45) is 5.10 Å². The fourth-order valence-corrected chi connectivity index (χ4v) is 2.42. The molecule has 2 heterocycles. The SMILES string of the molecule is CN(C)c1cc(N/N=C\c2ccc(-c3ccc(C(=O)[O-])cc3)o2)nc(N(C)C)n1. The van der Waals surface area contributed by atoms with Gasteiger partial charge in [-0.25, -0.2) is 0 Å². The molecule has 9 nitrogen and oxygen atoms in total. The zero-order valence-corrected chi connectivity index (χ0v) is 16.6. The summed E-state index contributed by atoms with van der Waals surface area (Å²) < 4.78 is 5.73. The molecule has 29 heavy (non-hydrogen) atoms. The molecule has 9 heteroatoms. The third kappa shape index (κ3) is 4.89. The molecule has 150 valence electrons. The van der Waals surface area contributed by atoms with Crippen LogP contribution in [0.4, 0.5) is 17.6 Å². The maximum absolute atomic E-state index is 10.8. The topological polar surface area (TPSA) is 110 Å². The zero-order chi connectivity index (χ0) is 21.0. The fourth-order valence-electron chi connectivity index (χ4n) is 2.42. The van der Waals surface area contributed by atoms with E-state index in [-0.39, 0.29) is 5.56 Å². The second-order valence-electron chi connectivity index (χ2n) is 6.64. The molecule has 0 saturated heterocycles. The average Bonchev–Trinajstić information content (AvgIpc) is 3.16. The lowest BCUT2D eigenvalue weighted by Crippen LogP contribution is -2.21. The van der Waals surface area contributed by atoms with E-state index < -0.39 is 5.97 Å². The van der Waals surface area contributed by atoms with Crippen LogP contribution in [-0.2, 0) is 0 Å². The van der Waals surface area contributed by atoms with Gasteiger partial charge in [0.1, 0.15) is 17.3 Å². The Balaban J connectivity index is 1.72. The van der Waals surface area contributed by atoms with Crippen LogP contribution in [0.25, 0.3) is 11.3 Å². The van der Waals surface area contributed by atoms with Crippen LogP contribution in [0.1, 0.15) is 16.1 Å². The molecule has 1 N–H and O–H groups in total. The van der Waals surface area contributed by atoms with Gasteiger partial charge in [-0.1, -0.05) is 24.3 Å². The molecule has 1 aromatic carbocycles. The smallest absolute Gasteiger partial charge is 0.228 e. The summed E-state index contributed by atoms with van der Waals surface area (Å²) in [6.45, 7) is 0. The molecule has 0 saturated carbocycles. The van der Waals surface area contributed by atoms with E-state index in [2.05, 4.69) is 20.5 Å². The van der Waals surface area contributed by atoms with Gasteiger partial charge in [0, 0.05) is 39.8 Å². The number of carbonyl (C=O) groups is 1. The summed E-state index contributed by atoms with van der Waals surface area (Å²) in [5, 5.41) is 15.0. The van der Waals surface area contributed by atoms with Crippen molar-refractivity contribution < 1.29 is 14.3 Å². The van der Waals surface area contributed by atoms with E-state index in [1.54, 1.807) is 30.3 Å². The molecule has 0 amide bonds. The van der Waals surface area contributed by atoms with Crippen molar-refractivity contribution in [2.75, 3.05) is 43.4 Å². The summed E-state index contributed by atoms with van der Waals surface area (Å²) in [5.41, 5.74) is 3.76. The van der Waals surface area contributed by atoms with Gasteiger partial charge in [-0.15, -0.1) is 0 Å². The van der Waals surface area contributed by atoms with E-state index in [4.69, 9.17) is 4.42 Å². The zero-order valence-electron chi connectivity index (χ0n) is 16.6. The first kappa shape index (κ1) is 19.9. The van der Waals surface area contributed by atoms with Crippen molar-refractivity contribution in [1.82, 2.24) is 9.97 Å². The summed E-state index contributed by atoms with van der Waals surface area (Å²) in [6.07, 6.45) is 1.53. The maximum Gasteiger partial charge on any atom is 0.228 e. The largest absolute Gasteiger partial charge is 0.545 e. The number of hydrazone groups is 1. The summed E-state index contributed by atoms with van der Waals surface area (Å²) in [4.78, 5) is 23.4. The number of rotatable bonds is 7. The number of benzene rings is 1. The number of nitrogens with one attached hydrogen (secondary N) is 1. The van der Waals surface area contributed by atoms with Crippen LogP contribution < -0.4 is 20.3 Å². The highest BCUT2D eigenvalue weighted by Crippen LogP contribution is 2.22. The normalized spacial score (nSPS) is 10.9. The molecule has 0 radical (unpaired) electrons. The summed E-state index contributed by atoms with van der Waals surface area (Å²) >= 11 is 0. The Labute approximate surface area is 168 Å². The Kier molecular flexibility index (Phi) is 5.77. The van der Waals surface area contributed by atoms with Crippen LogP contribution in [0, 0.1) is 0 Å². The lowest BCUT2D eigenvalue weighted by Gasteiger charge is -2.16. The van der Waals surface area contributed by atoms with Crippen molar-refractivity contribution in [1.29, 1.82) is 0 Å². The molecule has 0 aliphatic carbocycles. The number of anilines is 3. The number of carbonyl (C=O) groups excluding carboxylic acids is 1. The third-order valence-corrected chi connectivity index (χ3v) is 3.96. The van der Waals surface area contributed by atoms with Crippen LogP contribution in [0.5, 0.6) is 0 Å². The number of aromatic nitrogens is 2. The molecule has 0 fully saturated rings. The van der Waals surface area contributed by atoms with Gasteiger partial charge >= 0.3 is 0 Å². The van der Waals surface area contributed by atoms with Crippen LogP contribution in [0.15, 0.2) is 52.0 Å². The first-order chi connectivity index (χ1) is 13.8. The first-order valence-electron chi connectivity index (χ1n) is 8.78. The quantitative estimate of drug-likeness (QED) is 0.477. The Morgan fingerprint density at radius 1 is 1.07 bits per heavy atom. The Morgan fingerprint density at radius 2 is 1.79 bits per heavy atom. The van der Waals surface area contributed by atoms with Gasteiger partial charge in [0.2, 0.25) is 5.95 Å². The lowest BCUT2D eigenvalue weighted by molar-refractivity contribution is -0.255. The van der Waals surface area contributed by atoms with E-state index in [0.29, 0.717) is 23.3 Å². The van der Waals surface area contributed by atoms with E-state index >= 15 is 0 Å². The van der Waals surface area contributed by atoms with Gasteiger partial charge in [-0.3, -0.25) is 5.43 Å². The van der Waals surface area contributed by atoms with Gasteiger partial charge in [-0.2, -0.15) is 15.1 Å². The van der Waals surface area contributed by atoms with Crippen LogP contribution in [-0.4, -0.2) is 50.3 Å². The number of hydrogen-bond acceptors (Lipinski definition) is 9. The first-order valence-corrected chi connectivity index (χ1v) is 8.78. The number of carboxylic acids is 1. The van der Waals surface area contributed by atoms with Crippen LogP contribution in [0.2, 0.25) is 0 Å². The minimum Gasteiger partial charge on any atom is -0.545 e. The molecular formula is C20H21N6O3-. The monoisotopic (exact) mass is 393 g/mol. The van der Waals surface area contributed by atoms with Crippen molar-refractivity contribution >= 4 is 29.8 Å². The molecule has 2 aromatic heterocycles. The van der Waals surface area contributed by atoms with Crippen LogP contribution in [0.3, 0.4) is 0 Å². The number of carboxylic acid groups (broad SMARTS) is 1. The molecule has 0 unspecified atom stereocenters. The van der Waals surface area contributed by atoms with Gasteiger partial charge in [0.05, 0.1) is 12.2 Å². The Hall–Kier alpha value is -3.88. The Morgan fingerprint density at radius 3 is 2.41 bits per heavy atom. The molecule has 0 aliphatic heterocycles. The summed E-state index contributed by atoms with van der Waals surface area (Å²) in [7, 11) is 7.54. The number of hydrogen-bond donors (Lipinski definition) is 1.